The molecule has 1 aromatic rings. The molecule has 0 bridgehead atoms. The first-order valence-electron chi connectivity index (χ1n) is 5.41. The molecule has 0 radical (unpaired) electrons. The van der Waals surface area contributed by atoms with Crippen LogP contribution in [0, 0.1) is 10.1 Å². The van der Waals surface area contributed by atoms with Crippen LogP contribution in [0.15, 0.2) is 18.2 Å². The Morgan fingerprint density at radius 3 is 2.53 bits per heavy atom. The van der Waals surface area contributed by atoms with Crippen LogP contribution in [0.2, 0.25) is 0 Å². The molecule has 90 valence electrons. The number of rotatable bonds is 1. The van der Waals surface area contributed by atoms with Crippen LogP contribution >= 0.6 is 0 Å². The summed E-state index contributed by atoms with van der Waals surface area (Å²) in [6.45, 7) is 5.84. The molecule has 17 heavy (non-hydrogen) atoms. The van der Waals surface area contributed by atoms with Crippen molar-refractivity contribution in [3.63, 3.8) is 0 Å². The molecule has 0 saturated carbocycles. The van der Waals surface area contributed by atoms with Crippen LogP contribution in [0.1, 0.15) is 26.3 Å². The first kappa shape index (κ1) is 11.6. The number of fused-ring (bicyclic) bond motifs is 1. The summed E-state index contributed by atoms with van der Waals surface area (Å²) in [5.41, 5.74) is 1.25. The smallest absolute Gasteiger partial charge is 0.269 e. The van der Waals surface area contributed by atoms with Crippen molar-refractivity contribution >= 4 is 17.3 Å². The highest BCUT2D eigenvalue weighted by molar-refractivity contribution is 6.02. The molecule has 0 spiro atoms. The Hall–Kier alpha value is -1.91. The predicted octanol–water partition coefficient (Wildman–Crippen LogP) is 2.28. The maximum Gasteiger partial charge on any atom is 0.269 e. The number of non-ortho nitro benzene ring substituents is 1. The van der Waals surface area contributed by atoms with E-state index in [1.165, 1.54) is 12.1 Å². The van der Waals surface area contributed by atoms with Crippen molar-refractivity contribution in [2.75, 3.05) is 4.90 Å². The number of anilines is 1. The summed E-state index contributed by atoms with van der Waals surface area (Å²) >= 11 is 0. The number of nitrogens with zero attached hydrogens (tertiary/aromatic N) is 2. The minimum Gasteiger partial charge on any atom is -0.307 e. The Labute approximate surface area is 99.2 Å². The molecule has 0 aromatic heterocycles. The maximum atomic E-state index is 11.9. The Morgan fingerprint density at radius 1 is 1.35 bits per heavy atom. The third-order valence-corrected chi connectivity index (χ3v) is 2.78. The van der Waals surface area contributed by atoms with Gasteiger partial charge in [0, 0.05) is 23.4 Å². The molecule has 1 heterocycles. The summed E-state index contributed by atoms with van der Waals surface area (Å²) in [5, 5.41) is 10.7. The van der Waals surface area contributed by atoms with Crippen LogP contribution in [0.5, 0.6) is 0 Å². The van der Waals surface area contributed by atoms with E-state index in [9.17, 15) is 14.9 Å². The lowest BCUT2D eigenvalue weighted by molar-refractivity contribution is -0.384. The van der Waals surface area contributed by atoms with E-state index >= 15 is 0 Å². The molecule has 0 N–H and O–H groups in total. The Balaban J connectivity index is 2.50. The minimum absolute atomic E-state index is 0.00648. The van der Waals surface area contributed by atoms with Gasteiger partial charge in [0.05, 0.1) is 11.3 Å². The molecule has 0 aliphatic carbocycles. The third-order valence-electron chi connectivity index (χ3n) is 2.78. The number of hydrogen-bond donors (Lipinski definition) is 0. The minimum atomic E-state index is -0.440. The number of benzene rings is 1. The van der Waals surface area contributed by atoms with Crippen molar-refractivity contribution in [2.24, 2.45) is 0 Å². The number of nitro benzene ring substituents is 1. The topological polar surface area (TPSA) is 63.5 Å². The van der Waals surface area contributed by atoms with Crippen molar-refractivity contribution in [3.8, 4) is 0 Å². The standard InChI is InChI=1S/C12H14N2O3/c1-12(2,3)13-10-5-4-9(14(16)17)6-8(10)7-11(13)15/h4-6H,7H2,1-3H3. The van der Waals surface area contributed by atoms with Gasteiger partial charge >= 0.3 is 0 Å². The second kappa shape index (κ2) is 3.55. The molecule has 2 rings (SSSR count). The van der Waals surface area contributed by atoms with E-state index < -0.39 is 4.92 Å². The molecule has 5 nitrogen and oxygen atoms in total. The summed E-state index contributed by atoms with van der Waals surface area (Å²) in [6, 6.07) is 4.58. The molecular formula is C12H14N2O3. The molecule has 1 aliphatic heterocycles. The molecule has 1 amide bonds. The van der Waals surface area contributed by atoms with Crippen LogP contribution in [-0.2, 0) is 11.2 Å². The number of carbonyl (C=O) groups excluding carboxylic acids is 1. The van der Waals surface area contributed by atoms with Gasteiger partial charge in [-0.2, -0.15) is 0 Å². The van der Waals surface area contributed by atoms with Crippen molar-refractivity contribution < 1.29 is 9.72 Å². The van der Waals surface area contributed by atoms with Gasteiger partial charge in [-0.25, -0.2) is 0 Å². The zero-order valence-electron chi connectivity index (χ0n) is 10.1. The van der Waals surface area contributed by atoms with Gasteiger partial charge in [0.2, 0.25) is 5.91 Å². The van der Waals surface area contributed by atoms with Crippen LogP contribution in [-0.4, -0.2) is 16.4 Å². The highest BCUT2D eigenvalue weighted by Crippen LogP contribution is 2.36. The predicted molar refractivity (Wildman–Crippen MR) is 64.0 cm³/mol. The van der Waals surface area contributed by atoms with Gasteiger partial charge < -0.3 is 4.90 Å². The lowest BCUT2D eigenvalue weighted by Crippen LogP contribution is -2.43. The maximum absolute atomic E-state index is 11.9. The molecule has 0 atom stereocenters. The van der Waals surface area contributed by atoms with E-state index in [1.54, 1.807) is 11.0 Å². The molecule has 0 fully saturated rings. The van der Waals surface area contributed by atoms with Crippen LogP contribution in [0.3, 0.4) is 0 Å². The van der Waals surface area contributed by atoms with Gasteiger partial charge in [0.15, 0.2) is 0 Å². The van der Waals surface area contributed by atoms with Crippen molar-refractivity contribution in [3.05, 3.63) is 33.9 Å². The average molecular weight is 234 g/mol. The quantitative estimate of drug-likeness (QED) is 0.553. The Morgan fingerprint density at radius 2 is 2.00 bits per heavy atom. The van der Waals surface area contributed by atoms with Crippen LogP contribution in [0.4, 0.5) is 11.4 Å². The van der Waals surface area contributed by atoms with E-state index in [2.05, 4.69) is 0 Å². The van der Waals surface area contributed by atoms with E-state index in [0.29, 0.717) is 0 Å². The second-order valence-corrected chi connectivity index (χ2v) is 5.15. The van der Waals surface area contributed by atoms with E-state index in [1.807, 2.05) is 20.8 Å². The summed E-state index contributed by atoms with van der Waals surface area (Å²) in [6.07, 6.45) is 0.244. The first-order valence-corrected chi connectivity index (χ1v) is 5.41. The fourth-order valence-electron chi connectivity index (χ4n) is 2.16. The fraction of sp³-hybridized carbons (Fsp3) is 0.417. The highest BCUT2D eigenvalue weighted by Gasteiger charge is 2.35. The Bertz CT molecular complexity index is 503. The summed E-state index contributed by atoms with van der Waals surface area (Å²) in [5.74, 6) is -0.00648. The normalized spacial score (nSPS) is 15.0. The average Bonchev–Trinajstić information content (AvgIpc) is 2.51. The van der Waals surface area contributed by atoms with Crippen molar-refractivity contribution in [1.82, 2.24) is 0 Å². The van der Waals surface area contributed by atoms with Gasteiger partial charge in [0.1, 0.15) is 0 Å². The monoisotopic (exact) mass is 234 g/mol. The second-order valence-electron chi connectivity index (χ2n) is 5.15. The molecule has 5 heteroatoms. The summed E-state index contributed by atoms with van der Waals surface area (Å²) in [7, 11) is 0. The number of carbonyl (C=O) groups is 1. The molecule has 0 unspecified atom stereocenters. The van der Waals surface area contributed by atoms with Gasteiger partial charge in [-0.3, -0.25) is 14.9 Å². The van der Waals surface area contributed by atoms with Crippen LogP contribution < -0.4 is 4.90 Å². The van der Waals surface area contributed by atoms with Gasteiger partial charge in [0.25, 0.3) is 5.69 Å². The first-order chi connectivity index (χ1) is 7.80. The SMILES string of the molecule is CC(C)(C)N1C(=O)Cc2cc([N+](=O)[O-])ccc21. The van der Waals surface area contributed by atoms with E-state index in [0.717, 1.165) is 11.3 Å². The Kier molecular flexibility index (Phi) is 2.41. The van der Waals surface area contributed by atoms with Crippen molar-refractivity contribution in [2.45, 2.75) is 32.7 Å². The van der Waals surface area contributed by atoms with Gasteiger partial charge in [-0.05, 0) is 32.4 Å². The number of amides is 1. The summed E-state index contributed by atoms with van der Waals surface area (Å²) < 4.78 is 0. The van der Waals surface area contributed by atoms with E-state index in [4.69, 9.17) is 0 Å². The fourth-order valence-corrected chi connectivity index (χ4v) is 2.16. The van der Waals surface area contributed by atoms with E-state index in [-0.39, 0.29) is 23.6 Å². The van der Waals surface area contributed by atoms with Crippen molar-refractivity contribution in [1.29, 1.82) is 0 Å². The summed E-state index contributed by atoms with van der Waals surface area (Å²) in [4.78, 5) is 23.8. The lowest BCUT2D eigenvalue weighted by atomic mass is 10.1. The largest absolute Gasteiger partial charge is 0.307 e. The molecule has 1 aliphatic rings. The number of nitro groups is 1. The zero-order chi connectivity index (χ0) is 12.8. The van der Waals surface area contributed by atoms with Gasteiger partial charge in [-0.1, -0.05) is 0 Å². The number of hydrogen-bond acceptors (Lipinski definition) is 3. The lowest BCUT2D eigenvalue weighted by Gasteiger charge is -2.32. The van der Waals surface area contributed by atoms with Gasteiger partial charge in [-0.15, -0.1) is 0 Å². The zero-order valence-corrected chi connectivity index (χ0v) is 10.1. The van der Waals surface area contributed by atoms with Crippen LogP contribution in [0.25, 0.3) is 0 Å². The molecular weight excluding hydrogens is 220 g/mol. The molecule has 0 saturated heterocycles. The third kappa shape index (κ3) is 1.88. The molecule has 1 aromatic carbocycles. The highest BCUT2D eigenvalue weighted by atomic mass is 16.6.